The lowest BCUT2D eigenvalue weighted by atomic mass is 10.0. The van der Waals surface area contributed by atoms with Gasteiger partial charge in [-0.25, -0.2) is 9.28 Å². The highest BCUT2D eigenvalue weighted by molar-refractivity contribution is 5.71. The van der Waals surface area contributed by atoms with Crippen LogP contribution in [-0.2, 0) is 9.53 Å². The van der Waals surface area contributed by atoms with E-state index in [2.05, 4.69) is 26.8 Å². The SMILES string of the molecule is CC(C)=CCCC(C)CCOC(=O)[N+](C)(C)CC(=O)O. The predicted octanol–water partition coefficient (Wildman–Crippen LogP) is 3.06. The second-order valence-electron chi connectivity index (χ2n) is 6.10. The lowest BCUT2D eigenvalue weighted by molar-refractivity contribution is -0.809. The molecule has 0 saturated carbocycles. The Balaban J connectivity index is 3.96. The zero-order chi connectivity index (χ0) is 15.8. The minimum absolute atomic E-state index is 0.269. The fourth-order valence-corrected chi connectivity index (χ4v) is 1.73. The molecule has 0 aromatic rings. The normalized spacial score (nSPS) is 12.7. The Morgan fingerprint density at radius 1 is 1.25 bits per heavy atom. The Bertz CT molecular complexity index is 357. The fraction of sp³-hybridized carbons (Fsp3) is 0.733. The van der Waals surface area contributed by atoms with Crippen molar-refractivity contribution in [2.45, 2.75) is 40.0 Å². The topological polar surface area (TPSA) is 63.6 Å². The van der Waals surface area contributed by atoms with Crippen LogP contribution in [0.4, 0.5) is 4.79 Å². The number of hydrogen-bond acceptors (Lipinski definition) is 3. The van der Waals surface area contributed by atoms with Gasteiger partial charge in [0.2, 0.25) is 0 Å². The number of allylic oxidation sites excluding steroid dienone is 2. The van der Waals surface area contributed by atoms with Crippen molar-refractivity contribution >= 4 is 12.1 Å². The molecule has 0 spiro atoms. The molecule has 20 heavy (non-hydrogen) atoms. The third-order valence-corrected chi connectivity index (χ3v) is 3.07. The van der Waals surface area contributed by atoms with Gasteiger partial charge in [-0.1, -0.05) is 18.6 Å². The molecule has 5 nitrogen and oxygen atoms in total. The molecule has 0 aliphatic heterocycles. The van der Waals surface area contributed by atoms with Gasteiger partial charge in [0.1, 0.15) is 0 Å². The maximum absolute atomic E-state index is 11.8. The van der Waals surface area contributed by atoms with Crippen molar-refractivity contribution in [3.63, 3.8) is 0 Å². The molecule has 0 aromatic carbocycles. The van der Waals surface area contributed by atoms with E-state index in [0.29, 0.717) is 12.5 Å². The highest BCUT2D eigenvalue weighted by Gasteiger charge is 2.31. The summed E-state index contributed by atoms with van der Waals surface area (Å²) in [7, 11) is 3.07. The average molecular weight is 286 g/mol. The number of carboxylic acids is 1. The quantitative estimate of drug-likeness (QED) is 0.550. The molecule has 0 bridgehead atoms. The van der Waals surface area contributed by atoms with Crippen LogP contribution in [0.3, 0.4) is 0 Å². The van der Waals surface area contributed by atoms with Gasteiger partial charge in [0, 0.05) is 0 Å². The van der Waals surface area contributed by atoms with E-state index in [1.807, 2.05) is 0 Å². The number of carboxylic acid groups (broad SMARTS) is 1. The number of rotatable bonds is 8. The molecule has 1 amide bonds. The van der Waals surface area contributed by atoms with E-state index >= 15 is 0 Å². The van der Waals surface area contributed by atoms with Crippen LogP contribution < -0.4 is 0 Å². The summed E-state index contributed by atoms with van der Waals surface area (Å²) in [5.74, 6) is -0.532. The van der Waals surface area contributed by atoms with E-state index in [1.54, 1.807) is 0 Å². The van der Waals surface area contributed by atoms with Crippen LogP contribution >= 0.6 is 0 Å². The second kappa shape index (κ2) is 8.74. The molecule has 0 aromatic heterocycles. The summed E-state index contributed by atoms with van der Waals surface area (Å²) in [6.45, 7) is 6.36. The molecule has 1 unspecified atom stereocenters. The second-order valence-corrected chi connectivity index (χ2v) is 6.10. The van der Waals surface area contributed by atoms with E-state index in [4.69, 9.17) is 9.84 Å². The van der Waals surface area contributed by atoms with E-state index < -0.39 is 12.1 Å². The van der Waals surface area contributed by atoms with Gasteiger partial charge in [-0.3, -0.25) is 0 Å². The summed E-state index contributed by atoms with van der Waals surface area (Å²) < 4.78 is 4.87. The Hall–Kier alpha value is -1.36. The number of amides is 1. The summed E-state index contributed by atoms with van der Waals surface area (Å²) >= 11 is 0. The number of aliphatic carboxylic acids is 1. The first-order valence-electron chi connectivity index (χ1n) is 7.00. The minimum Gasteiger partial charge on any atom is -0.477 e. The van der Waals surface area contributed by atoms with Gasteiger partial charge in [0.05, 0.1) is 20.7 Å². The van der Waals surface area contributed by atoms with Gasteiger partial charge < -0.3 is 9.84 Å². The van der Waals surface area contributed by atoms with Gasteiger partial charge in [-0.15, -0.1) is 0 Å². The predicted molar refractivity (Wildman–Crippen MR) is 78.4 cm³/mol. The first-order chi connectivity index (χ1) is 9.15. The van der Waals surface area contributed by atoms with Gasteiger partial charge in [-0.2, -0.15) is 4.79 Å². The van der Waals surface area contributed by atoms with Crippen molar-refractivity contribution in [3.8, 4) is 0 Å². The smallest absolute Gasteiger partial charge is 0.477 e. The Morgan fingerprint density at radius 2 is 1.85 bits per heavy atom. The van der Waals surface area contributed by atoms with Crippen molar-refractivity contribution in [2.75, 3.05) is 27.2 Å². The summed E-state index contributed by atoms with van der Waals surface area (Å²) in [4.78, 5) is 22.4. The van der Waals surface area contributed by atoms with Crippen LogP contribution in [0.2, 0.25) is 0 Å². The van der Waals surface area contributed by atoms with Crippen LogP contribution in [0.25, 0.3) is 0 Å². The maximum Gasteiger partial charge on any atom is 0.516 e. The van der Waals surface area contributed by atoms with E-state index in [0.717, 1.165) is 19.3 Å². The largest absolute Gasteiger partial charge is 0.516 e. The van der Waals surface area contributed by atoms with Gasteiger partial charge in [0.15, 0.2) is 6.54 Å². The van der Waals surface area contributed by atoms with Crippen molar-refractivity contribution in [1.29, 1.82) is 0 Å². The highest BCUT2D eigenvalue weighted by atomic mass is 16.6. The number of ether oxygens (including phenoxy) is 1. The molecule has 0 saturated heterocycles. The Labute approximate surface area is 121 Å². The zero-order valence-corrected chi connectivity index (χ0v) is 13.3. The average Bonchev–Trinajstić information content (AvgIpc) is 2.26. The minimum atomic E-state index is -1.01. The molecule has 0 heterocycles. The summed E-state index contributed by atoms with van der Waals surface area (Å²) in [5.41, 5.74) is 1.32. The van der Waals surface area contributed by atoms with Crippen molar-refractivity contribution in [1.82, 2.24) is 0 Å². The molecular weight excluding hydrogens is 258 g/mol. The third kappa shape index (κ3) is 8.69. The first kappa shape index (κ1) is 18.6. The van der Waals surface area contributed by atoms with Crippen LogP contribution in [0, 0.1) is 5.92 Å². The molecule has 0 radical (unpaired) electrons. The molecule has 1 atom stereocenters. The van der Waals surface area contributed by atoms with Crippen LogP contribution in [0.1, 0.15) is 40.0 Å². The molecule has 0 rings (SSSR count). The fourth-order valence-electron chi connectivity index (χ4n) is 1.73. The van der Waals surface area contributed by atoms with Crippen molar-refractivity contribution in [2.24, 2.45) is 5.92 Å². The Kier molecular flexibility index (Phi) is 8.15. The lowest BCUT2D eigenvalue weighted by Gasteiger charge is -2.23. The van der Waals surface area contributed by atoms with Crippen molar-refractivity contribution < 1.29 is 23.9 Å². The third-order valence-electron chi connectivity index (χ3n) is 3.07. The molecular formula is C15H28NO4+. The van der Waals surface area contributed by atoms with Gasteiger partial charge in [0.25, 0.3) is 0 Å². The van der Waals surface area contributed by atoms with Crippen LogP contribution in [0.15, 0.2) is 11.6 Å². The number of quaternary nitrogens is 1. The number of carbonyl (C=O) groups excluding carboxylic acids is 1. The van der Waals surface area contributed by atoms with E-state index in [1.165, 1.54) is 19.7 Å². The maximum atomic E-state index is 11.8. The molecule has 0 aliphatic carbocycles. The molecule has 0 fully saturated rings. The highest BCUT2D eigenvalue weighted by Crippen LogP contribution is 2.12. The number of nitrogens with zero attached hydrogens (tertiary/aromatic N) is 1. The number of likely N-dealkylation sites (N-methyl/N-ethyl adjacent to an activating group) is 1. The lowest BCUT2D eigenvalue weighted by Crippen LogP contribution is -2.49. The van der Waals surface area contributed by atoms with Crippen molar-refractivity contribution in [3.05, 3.63) is 11.6 Å². The number of hydrogen-bond donors (Lipinski definition) is 1. The number of carbonyl (C=O) groups is 2. The van der Waals surface area contributed by atoms with Crippen LogP contribution in [-0.4, -0.2) is 48.9 Å². The first-order valence-corrected chi connectivity index (χ1v) is 7.00. The molecule has 1 N–H and O–H groups in total. The standard InChI is InChI=1S/C15H27NO4/c1-12(2)7-6-8-13(3)9-10-20-15(19)16(4,5)11-14(17)18/h7,13H,6,8-11H2,1-5H3/p+1. The summed E-state index contributed by atoms with van der Waals surface area (Å²) in [5, 5.41) is 8.72. The molecule has 0 aliphatic rings. The van der Waals surface area contributed by atoms with E-state index in [9.17, 15) is 9.59 Å². The summed E-state index contributed by atoms with van der Waals surface area (Å²) in [6, 6.07) is 0. The molecule has 5 heteroatoms. The monoisotopic (exact) mass is 286 g/mol. The zero-order valence-electron chi connectivity index (χ0n) is 13.3. The summed E-state index contributed by atoms with van der Waals surface area (Å²) in [6.07, 6.45) is 4.61. The van der Waals surface area contributed by atoms with E-state index in [-0.39, 0.29) is 11.0 Å². The van der Waals surface area contributed by atoms with Gasteiger partial charge >= 0.3 is 12.1 Å². The molecule has 116 valence electrons. The van der Waals surface area contributed by atoms with Crippen LogP contribution in [0.5, 0.6) is 0 Å². The van der Waals surface area contributed by atoms with Gasteiger partial charge in [-0.05, 0) is 39.0 Å². The Morgan fingerprint density at radius 3 is 2.35 bits per heavy atom.